The van der Waals surface area contributed by atoms with Crippen LogP contribution in [0.5, 0.6) is 5.75 Å². The monoisotopic (exact) mass is 347 g/mol. The third-order valence-electron chi connectivity index (χ3n) is 4.88. The summed E-state index contributed by atoms with van der Waals surface area (Å²) in [5, 5.41) is 0. The summed E-state index contributed by atoms with van der Waals surface area (Å²) in [6, 6.07) is 8.15. The molecule has 2 fully saturated rings. The van der Waals surface area contributed by atoms with Gasteiger partial charge >= 0.3 is 0 Å². The highest BCUT2D eigenvalue weighted by Crippen LogP contribution is 2.11. The molecule has 0 spiro atoms. The van der Waals surface area contributed by atoms with Crippen LogP contribution in [0.4, 0.5) is 0 Å². The Morgan fingerprint density at radius 2 is 1.68 bits per heavy atom. The van der Waals surface area contributed by atoms with E-state index in [1.807, 2.05) is 17.0 Å². The zero-order valence-electron chi connectivity index (χ0n) is 15.2. The Hall–Kier alpha value is -1.63. The van der Waals surface area contributed by atoms with E-state index in [1.165, 1.54) is 5.56 Å². The summed E-state index contributed by atoms with van der Waals surface area (Å²) < 4.78 is 11.1. The lowest BCUT2D eigenvalue weighted by Crippen LogP contribution is -2.52. The first-order chi connectivity index (χ1) is 12.2. The molecule has 6 nitrogen and oxygen atoms in total. The van der Waals surface area contributed by atoms with E-state index in [2.05, 4.69) is 28.9 Å². The fourth-order valence-electron chi connectivity index (χ4n) is 3.20. The summed E-state index contributed by atoms with van der Waals surface area (Å²) >= 11 is 0. The van der Waals surface area contributed by atoms with Crippen LogP contribution in [0.1, 0.15) is 5.56 Å². The summed E-state index contributed by atoms with van der Waals surface area (Å²) in [7, 11) is 0. The Balaban J connectivity index is 1.32. The second-order valence-electron chi connectivity index (χ2n) is 6.77. The van der Waals surface area contributed by atoms with E-state index in [-0.39, 0.29) is 5.91 Å². The highest BCUT2D eigenvalue weighted by molar-refractivity contribution is 5.78. The van der Waals surface area contributed by atoms with Crippen LogP contribution in [0.2, 0.25) is 0 Å². The lowest BCUT2D eigenvalue weighted by molar-refractivity contribution is -0.135. The van der Waals surface area contributed by atoms with Gasteiger partial charge in [0.1, 0.15) is 12.4 Å². The minimum atomic E-state index is 0.248. The van der Waals surface area contributed by atoms with Gasteiger partial charge in [-0.2, -0.15) is 0 Å². The quantitative estimate of drug-likeness (QED) is 0.763. The van der Waals surface area contributed by atoms with Crippen LogP contribution in [0.3, 0.4) is 0 Å². The number of hydrogen-bond donors (Lipinski definition) is 0. The van der Waals surface area contributed by atoms with E-state index >= 15 is 0 Å². The third-order valence-corrected chi connectivity index (χ3v) is 4.88. The number of piperazine rings is 1. The Labute approximate surface area is 150 Å². The molecule has 1 amide bonds. The molecule has 0 N–H and O–H groups in total. The topological polar surface area (TPSA) is 45.2 Å². The van der Waals surface area contributed by atoms with Crippen molar-refractivity contribution >= 4 is 5.91 Å². The predicted octanol–water partition coefficient (Wildman–Crippen LogP) is 0.850. The van der Waals surface area contributed by atoms with Crippen LogP contribution in [-0.2, 0) is 9.53 Å². The van der Waals surface area contributed by atoms with Crippen molar-refractivity contribution in [3.63, 3.8) is 0 Å². The first-order valence-electron chi connectivity index (χ1n) is 9.20. The van der Waals surface area contributed by atoms with Crippen LogP contribution >= 0.6 is 0 Å². The molecular formula is C19H29N3O3. The van der Waals surface area contributed by atoms with Gasteiger partial charge in [0.15, 0.2) is 0 Å². The number of benzene rings is 1. The Morgan fingerprint density at radius 3 is 2.36 bits per heavy atom. The molecule has 1 aromatic rings. The summed E-state index contributed by atoms with van der Waals surface area (Å²) in [4.78, 5) is 18.9. The molecule has 0 aliphatic carbocycles. The van der Waals surface area contributed by atoms with Crippen LogP contribution < -0.4 is 4.74 Å². The largest absolute Gasteiger partial charge is 0.492 e. The van der Waals surface area contributed by atoms with Crippen molar-refractivity contribution in [3.05, 3.63) is 29.8 Å². The molecule has 0 saturated carbocycles. The van der Waals surface area contributed by atoms with Crippen molar-refractivity contribution in [1.82, 2.24) is 14.7 Å². The number of aryl methyl sites for hydroxylation is 1. The standard InChI is InChI=1S/C19H29N3O3/c1-17-2-4-18(5-3-17)25-15-12-20-6-8-22(9-7-20)19(23)16-21-10-13-24-14-11-21/h2-5H,6-16H2,1H3. The van der Waals surface area contributed by atoms with Gasteiger partial charge in [0.25, 0.3) is 0 Å². The number of rotatable bonds is 6. The number of amides is 1. The molecule has 2 aliphatic rings. The van der Waals surface area contributed by atoms with Crippen LogP contribution in [0.25, 0.3) is 0 Å². The van der Waals surface area contributed by atoms with Crippen LogP contribution in [0.15, 0.2) is 24.3 Å². The molecule has 2 aliphatic heterocycles. The van der Waals surface area contributed by atoms with Crippen molar-refractivity contribution in [2.24, 2.45) is 0 Å². The van der Waals surface area contributed by atoms with Gasteiger partial charge in [0.05, 0.1) is 19.8 Å². The first kappa shape index (κ1) is 18.2. The van der Waals surface area contributed by atoms with E-state index in [9.17, 15) is 4.79 Å². The average molecular weight is 347 g/mol. The Bertz CT molecular complexity index is 535. The minimum Gasteiger partial charge on any atom is -0.492 e. The summed E-state index contributed by atoms with van der Waals surface area (Å²) in [5.74, 6) is 1.17. The first-order valence-corrected chi connectivity index (χ1v) is 9.20. The van der Waals surface area contributed by atoms with Crippen molar-refractivity contribution in [2.75, 3.05) is 72.2 Å². The number of carbonyl (C=O) groups is 1. The zero-order valence-corrected chi connectivity index (χ0v) is 15.2. The zero-order chi connectivity index (χ0) is 17.5. The molecule has 0 unspecified atom stereocenters. The van der Waals surface area contributed by atoms with E-state index in [0.717, 1.165) is 64.8 Å². The molecule has 25 heavy (non-hydrogen) atoms. The Kier molecular flexibility index (Phi) is 6.67. The maximum atomic E-state index is 12.4. The van der Waals surface area contributed by atoms with E-state index < -0.39 is 0 Å². The molecule has 0 atom stereocenters. The summed E-state index contributed by atoms with van der Waals surface area (Å²) in [5.41, 5.74) is 1.24. The van der Waals surface area contributed by atoms with Gasteiger partial charge < -0.3 is 14.4 Å². The molecule has 138 valence electrons. The van der Waals surface area contributed by atoms with Crippen LogP contribution in [-0.4, -0.2) is 92.8 Å². The lowest BCUT2D eigenvalue weighted by Gasteiger charge is -2.36. The number of ether oxygens (including phenoxy) is 2. The number of morpholine rings is 1. The lowest BCUT2D eigenvalue weighted by atomic mass is 10.2. The van der Waals surface area contributed by atoms with Crippen molar-refractivity contribution in [2.45, 2.75) is 6.92 Å². The highest BCUT2D eigenvalue weighted by atomic mass is 16.5. The molecule has 2 heterocycles. The van der Waals surface area contributed by atoms with Gasteiger partial charge in [-0.05, 0) is 19.1 Å². The van der Waals surface area contributed by atoms with E-state index in [4.69, 9.17) is 9.47 Å². The van der Waals surface area contributed by atoms with E-state index in [1.54, 1.807) is 0 Å². The molecule has 2 saturated heterocycles. The maximum absolute atomic E-state index is 12.4. The van der Waals surface area contributed by atoms with Crippen molar-refractivity contribution < 1.29 is 14.3 Å². The highest BCUT2D eigenvalue weighted by Gasteiger charge is 2.23. The molecular weight excluding hydrogens is 318 g/mol. The van der Waals surface area contributed by atoms with Gasteiger partial charge in [0.2, 0.25) is 5.91 Å². The SMILES string of the molecule is Cc1ccc(OCCN2CCN(C(=O)CN3CCOCC3)CC2)cc1. The van der Waals surface area contributed by atoms with Gasteiger partial charge in [-0.25, -0.2) is 0 Å². The third kappa shape index (κ3) is 5.70. The number of nitrogens with zero attached hydrogens (tertiary/aromatic N) is 3. The molecule has 3 rings (SSSR count). The number of hydrogen-bond acceptors (Lipinski definition) is 5. The molecule has 1 aromatic carbocycles. The fraction of sp³-hybridized carbons (Fsp3) is 0.632. The second-order valence-corrected chi connectivity index (χ2v) is 6.77. The normalized spacial score (nSPS) is 19.8. The second kappa shape index (κ2) is 9.17. The molecule has 0 radical (unpaired) electrons. The fourth-order valence-corrected chi connectivity index (χ4v) is 3.20. The molecule has 6 heteroatoms. The van der Waals surface area contributed by atoms with E-state index in [0.29, 0.717) is 13.2 Å². The molecule has 0 aromatic heterocycles. The molecule has 0 bridgehead atoms. The van der Waals surface area contributed by atoms with Gasteiger partial charge in [-0.15, -0.1) is 0 Å². The minimum absolute atomic E-state index is 0.248. The number of carbonyl (C=O) groups excluding carboxylic acids is 1. The summed E-state index contributed by atoms with van der Waals surface area (Å²) in [6.45, 7) is 10.9. The average Bonchev–Trinajstić information content (AvgIpc) is 2.65. The Morgan fingerprint density at radius 1 is 1.00 bits per heavy atom. The maximum Gasteiger partial charge on any atom is 0.236 e. The van der Waals surface area contributed by atoms with Gasteiger partial charge in [-0.1, -0.05) is 17.7 Å². The van der Waals surface area contributed by atoms with Gasteiger partial charge in [-0.3, -0.25) is 14.6 Å². The summed E-state index contributed by atoms with van der Waals surface area (Å²) in [6.07, 6.45) is 0. The van der Waals surface area contributed by atoms with Gasteiger partial charge in [0, 0.05) is 45.8 Å². The van der Waals surface area contributed by atoms with Crippen molar-refractivity contribution in [3.8, 4) is 5.75 Å². The van der Waals surface area contributed by atoms with Crippen LogP contribution in [0, 0.1) is 6.92 Å². The smallest absolute Gasteiger partial charge is 0.236 e. The van der Waals surface area contributed by atoms with Crippen molar-refractivity contribution in [1.29, 1.82) is 0 Å². The predicted molar refractivity (Wildman–Crippen MR) is 97.0 cm³/mol.